The van der Waals surface area contributed by atoms with Crippen molar-refractivity contribution in [3.63, 3.8) is 0 Å². The average Bonchev–Trinajstić information content (AvgIpc) is 2.58. The largest absolute Gasteiger partial charge is 0.337 e. The predicted molar refractivity (Wildman–Crippen MR) is 56.1 cm³/mol. The van der Waals surface area contributed by atoms with Crippen molar-refractivity contribution in [2.24, 2.45) is 0 Å². The highest BCUT2D eigenvalue weighted by Gasteiger charge is 2.17. The van der Waals surface area contributed by atoms with Gasteiger partial charge in [-0.05, 0) is 6.07 Å². The number of hydrogen-bond donors (Lipinski definition) is 1. The van der Waals surface area contributed by atoms with E-state index in [9.17, 15) is 8.78 Å². The lowest BCUT2D eigenvalue weighted by Crippen LogP contribution is -1.85. The van der Waals surface area contributed by atoms with Crippen molar-refractivity contribution >= 4 is 45.8 Å². The molecule has 0 radical (unpaired) electrons. The molecule has 1 aromatic carbocycles. The summed E-state index contributed by atoms with van der Waals surface area (Å²) in [5.41, 5.74) is 0.533. The van der Waals surface area contributed by atoms with Gasteiger partial charge in [0.1, 0.15) is 5.52 Å². The highest BCUT2D eigenvalue weighted by molar-refractivity contribution is 6.50. The van der Waals surface area contributed by atoms with Gasteiger partial charge in [0.05, 0.1) is 20.6 Å². The highest BCUT2D eigenvalue weighted by atomic mass is 35.5. The summed E-state index contributed by atoms with van der Waals surface area (Å²) in [5.74, 6) is -0.453. The van der Waals surface area contributed by atoms with E-state index in [1.54, 1.807) is 0 Å². The molecular weight excluding hydrogens is 268 g/mol. The molecular formula is C8H3Cl3F2N2. The molecule has 2 nitrogen and oxygen atoms in total. The van der Waals surface area contributed by atoms with Gasteiger partial charge in [0, 0.05) is 0 Å². The number of aromatic nitrogens is 2. The van der Waals surface area contributed by atoms with Gasteiger partial charge < -0.3 is 4.98 Å². The lowest BCUT2D eigenvalue weighted by Gasteiger charge is -1.98. The van der Waals surface area contributed by atoms with E-state index in [-0.39, 0.29) is 20.6 Å². The summed E-state index contributed by atoms with van der Waals surface area (Å²) >= 11 is 17.3. The molecule has 7 heteroatoms. The van der Waals surface area contributed by atoms with Gasteiger partial charge in [-0.3, -0.25) is 0 Å². The van der Waals surface area contributed by atoms with Crippen LogP contribution in [0.1, 0.15) is 12.2 Å². The van der Waals surface area contributed by atoms with Crippen molar-refractivity contribution in [2.75, 3.05) is 0 Å². The highest BCUT2D eigenvalue weighted by Crippen LogP contribution is 2.36. The lowest BCUT2D eigenvalue weighted by atomic mass is 10.3. The second kappa shape index (κ2) is 3.77. The van der Waals surface area contributed by atoms with Crippen LogP contribution in [0.2, 0.25) is 15.1 Å². The number of aromatic amines is 1. The van der Waals surface area contributed by atoms with Crippen LogP contribution in [-0.4, -0.2) is 9.97 Å². The van der Waals surface area contributed by atoms with Crippen LogP contribution < -0.4 is 0 Å². The summed E-state index contributed by atoms with van der Waals surface area (Å²) in [6.45, 7) is 0. The first kappa shape index (κ1) is 10.9. The molecule has 15 heavy (non-hydrogen) atoms. The number of benzene rings is 1. The number of hydrogen-bond acceptors (Lipinski definition) is 1. The minimum Gasteiger partial charge on any atom is -0.337 e. The average molecular weight is 271 g/mol. The third-order valence-electron chi connectivity index (χ3n) is 1.84. The minimum absolute atomic E-state index is 0.0716. The van der Waals surface area contributed by atoms with Crippen molar-refractivity contribution < 1.29 is 8.78 Å². The predicted octanol–water partition coefficient (Wildman–Crippen LogP) is 4.46. The summed E-state index contributed by atoms with van der Waals surface area (Å²) < 4.78 is 24.7. The van der Waals surface area contributed by atoms with Crippen molar-refractivity contribution in [1.82, 2.24) is 9.97 Å². The summed E-state index contributed by atoms with van der Waals surface area (Å²) in [4.78, 5) is 6.05. The Morgan fingerprint density at radius 3 is 2.47 bits per heavy atom. The number of fused-ring (bicyclic) bond motifs is 1. The van der Waals surface area contributed by atoms with Crippen molar-refractivity contribution in [3.05, 3.63) is 27.0 Å². The van der Waals surface area contributed by atoms with E-state index >= 15 is 0 Å². The fraction of sp³-hybridized carbons (Fsp3) is 0.125. The normalized spacial score (nSPS) is 11.6. The van der Waals surface area contributed by atoms with E-state index in [0.29, 0.717) is 5.52 Å². The maximum atomic E-state index is 12.3. The molecule has 0 fully saturated rings. The molecule has 1 aromatic heterocycles. The molecule has 1 heterocycles. The van der Waals surface area contributed by atoms with Crippen LogP contribution in [0, 0.1) is 0 Å². The van der Waals surface area contributed by atoms with E-state index < -0.39 is 12.2 Å². The zero-order chi connectivity index (χ0) is 11.2. The fourth-order valence-electron chi connectivity index (χ4n) is 1.18. The Labute approximate surface area is 98.1 Å². The van der Waals surface area contributed by atoms with E-state index in [1.165, 1.54) is 6.07 Å². The van der Waals surface area contributed by atoms with Gasteiger partial charge >= 0.3 is 0 Å². The molecule has 2 aromatic rings. The summed E-state index contributed by atoms with van der Waals surface area (Å²) in [6.07, 6.45) is -2.69. The number of halogens is 5. The fourth-order valence-corrected chi connectivity index (χ4v) is 1.82. The second-order valence-corrected chi connectivity index (χ2v) is 3.97. The van der Waals surface area contributed by atoms with E-state index in [4.69, 9.17) is 34.8 Å². The van der Waals surface area contributed by atoms with Crippen LogP contribution in [0.4, 0.5) is 8.78 Å². The van der Waals surface area contributed by atoms with Crippen molar-refractivity contribution in [2.45, 2.75) is 6.43 Å². The number of rotatable bonds is 1. The van der Waals surface area contributed by atoms with Crippen molar-refractivity contribution in [1.29, 1.82) is 0 Å². The Morgan fingerprint density at radius 2 is 1.87 bits per heavy atom. The second-order valence-electron chi connectivity index (χ2n) is 2.81. The maximum Gasteiger partial charge on any atom is 0.295 e. The number of nitrogens with one attached hydrogen (secondary N) is 1. The number of nitrogens with zero attached hydrogens (tertiary/aromatic N) is 1. The summed E-state index contributed by atoms with van der Waals surface area (Å²) in [6, 6.07) is 1.41. The number of alkyl halides is 2. The lowest BCUT2D eigenvalue weighted by molar-refractivity contribution is 0.142. The van der Waals surface area contributed by atoms with Gasteiger partial charge in [0.15, 0.2) is 5.82 Å². The quantitative estimate of drug-likeness (QED) is 0.762. The van der Waals surface area contributed by atoms with Crippen LogP contribution in [0.25, 0.3) is 11.0 Å². The molecule has 0 saturated heterocycles. The molecule has 2 rings (SSSR count). The molecule has 80 valence electrons. The molecule has 1 N–H and O–H groups in total. The Balaban J connectivity index is 2.76. The third kappa shape index (κ3) is 1.77. The van der Waals surface area contributed by atoms with E-state index in [2.05, 4.69) is 9.97 Å². The van der Waals surface area contributed by atoms with E-state index in [0.717, 1.165) is 0 Å². The van der Waals surface area contributed by atoms with E-state index in [1.807, 2.05) is 0 Å². The maximum absolute atomic E-state index is 12.3. The van der Waals surface area contributed by atoms with Gasteiger partial charge in [0.2, 0.25) is 0 Å². The Kier molecular flexibility index (Phi) is 2.75. The third-order valence-corrected chi connectivity index (χ3v) is 3.09. The van der Waals surface area contributed by atoms with Crippen LogP contribution in [0.5, 0.6) is 0 Å². The summed E-state index contributed by atoms with van der Waals surface area (Å²) in [7, 11) is 0. The zero-order valence-corrected chi connectivity index (χ0v) is 9.26. The number of H-pyrrole nitrogens is 1. The first-order chi connectivity index (χ1) is 7.00. The van der Waals surface area contributed by atoms with Crippen LogP contribution in [-0.2, 0) is 0 Å². The molecule has 0 amide bonds. The molecule has 0 aliphatic rings. The molecule has 0 atom stereocenters. The Morgan fingerprint density at radius 1 is 1.20 bits per heavy atom. The zero-order valence-electron chi connectivity index (χ0n) is 6.99. The molecule has 0 aliphatic heterocycles. The Hall–Kier alpha value is -0.580. The molecule has 0 bridgehead atoms. The van der Waals surface area contributed by atoms with Gasteiger partial charge in [-0.15, -0.1) is 0 Å². The molecule has 0 aliphatic carbocycles. The van der Waals surface area contributed by atoms with Gasteiger partial charge in [-0.1, -0.05) is 34.8 Å². The van der Waals surface area contributed by atoms with Crippen molar-refractivity contribution in [3.8, 4) is 0 Å². The van der Waals surface area contributed by atoms with Gasteiger partial charge in [0.25, 0.3) is 6.43 Å². The standard InChI is InChI=1S/C8H3Cl3F2N2/c9-2-1-3-6(5(11)4(2)10)15-8(14-3)7(12)13/h1,7H,(H,14,15). The SMILES string of the molecule is FC(F)c1nc2c(Cl)c(Cl)c(Cl)cc2[nH]1. The first-order valence-electron chi connectivity index (χ1n) is 3.82. The number of imidazole rings is 1. The smallest absolute Gasteiger partial charge is 0.295 e. The monoisotopic (exact) mass is 270 g/mol. The topological polar surface area (TPSA) is 28.7 Å². The molecule has 0 unspecified atom stereocenters. The molecule has 0 spiro atoms. The van der Waals surface area contributed by atoms with Gasteiger partial charge in [-0.25, -0.2) is 13.8 Å². The molecule has 0 saturated carbocycles. The van der Waals surface area contributed by atoms with Crippen LogP contribution in [0.15, 0.2) is 6.07 Å². The van der Waals surface area contributed by atoms with Gasteiger partial charge in [-0.2, -0.15) is 0 Å². The first-order valence-corrected chi connectivity index (χ1v) is 4.95. The minimum atomic E-state index is -2.69. The Bertz CT molecular complexity index is 524. The van der Waals surface area contributed by atoms with Crippen LogP contribution in [0.3, 0.4) is 0 Å². The van der Waals surface area contributed by atoms with Crippen LogP contribution >= 0.6 is 34.8 Å². The summed E-state index contributed by atoms with van der Waals surface area (Å²) in [5, 5.41) is 0.374.